The van der Waals surface area contributed by atoms with Crippen LogP contribution < -0.4 is 11.1 Å². The summed E-state index contributed by atoms with van der Waals surface area (Å²) in [4.78, 5) is 6.96. The molecule has 1 aliphatic carbocycles. The van der Waals surface area contributed by atoms with Gasteiger partial charge in [0.1, 0.15) is 5.82 Å². The van der Waals surface area contributed by atoms with Crippen LogP contribution in [0.2, 0.25) is 0 Å². The van der Waals surface area contributed by atoms with Crippen molar-refractivity contribution in [3.8, 4) is 0 Å². The molecule has 5 heteroatoms. The van der Waals surface area contributed by atoms with Crippen molar-refractivity contribution in [3.63, 3.8) is 0 Å². The van der Waals surface area contributed by atoms with Gasteiger partial charge in [-0.15, -0.1) is 0 Å². The molecule has 1 unspecified atom stereocenters. The molecule has 1 aromatic carbocycles. The number of guanidine groups is 1. The van der Waals surface area contributed by atoms with Gasteiger partial charge < -0.3 is 11.1 Å². The molecule has 0 amide bonds. The molecule has 1 atom stereocenters. The van der Waals surface area contributed by atoms with Crippen LogP contribution in [-0.4, -0.2) is 43.1 Å². The molecule has 3 N–H and O–H groups in total. The van der Waals surface area contributed by atoms with Crippen molar-refractivity contribution in [2.24, 2.45) is 10.7 Å². The second kappa shape index (κ2) is 6.87. The summed E-state index contributed by atoms with van der Waals surface area (Å²) in [6.45, 7) is 5.86. The number of rotatable bonds is 6. The highest BCUT2D eigenvalue weighted by molar-refractivity contribution is 5.78. The zero-order chi connectivity index (χ0) is 16.3. The van der Waals surface area contributed by atoms with Gasteiger partial charge in [-0.2, -0.15) is 0 Å². The van der Waals surface area contributed by atoms with Crippen LogP contribution in [-0.2, 0) is 5.41 Å². The van der Waals surface area contributed by atoms with E-state index in [4.69, 9.17) is 5.73 Å². The minimum Gasteiger partial charge on any atom is -0.370 e. The Hall–Kier alpha value is -1.62. The smallest absolute Gasteiger partial charge is 0.188 e. The molecule has 3 rings (SSSR count). The third-order valence-electron chi connectivity index (χ3n) is 5.27. The first-order valence-electron chi connectivity index (χ1n) is 8.67. The number of halogens is 1. The normalized spacial score (nSPS) is 23.9. The summed E-state index contributed by atoms with van der Waals surface area (Å²) >= 11 is 0. The minimum absolute atomic E-state index is 0.128. The number of likely N-dealkylation sites (N-methyl/N-ethyl adjacent to an activating group) is 1. The predicted octanol–water partition coefficient (Wildman–Crippen LogP) is 2.25. The number of nitrogens with one attached hydrogen (secondary N) is 1. The molecule has 1 saturated carbocycles. The third kappa shape index (κ3) is 3.66. The molecule has 1 aromatic rings. The summed E-state index contributed by atoms with van der Waals surface area (Å²) in [5.41, 5.74) is 6.66. The van der Waals surface area contributed by atoms with Gasteiger partial charge in [-0.25, -0.2) is 4.39 Å². The minimum atomic E-state index is -0.138. The Labute approximate surface area is 138 Å². The van der Waals surface area contributed by atoms with E-state index in [1.807, 2.05) is 12.1 Å². The lowest BCUT2D eigenvalue weighted by Crippen LogP contribution is -2.43. The zero-order valence-corrected chi connectivity index (χ0v) is 13.9. The average molecular weight is 318 g/mol. The Kier molecular flexibility index (Phi) is 4.85. The number of aliphatic imine (C=N–C) groups is 1. The zero-order valence-electron chi connectivity index (χ0n) is 13.9. The highest BCUT2D eigenvalue weighted by Crippen LogP contribution is 2.49. The Balaban J connectivity index is 1.54. The molecular weight excluding hydrogens is 291 g/mol. The second-order valence-corrected chi connectivity index (χ2v) is 6.77. The maximum absolute atomic E-state index is 14.0. The fourth-order valence-corrected chi connectivity index (χ4v) is 3.61. The van der Waals surface area contributed by atoms with Gasteiger partial charge in [-0.1, -0.05) is 25.1 Å². The molecule has 4 nitrogen and oxygen atoms in total. The van der Waals surface area contributed by atoms with Gasteiger partial charge in [0.05, 0.1) is 6.54 Å². The lowest BCUT2D eigenvalue weighted by Gasteiger charge is -2.23. The van der Waals surface area contributed by atoms with Gasteiger partial charge in [0.15, 0.2) is 5.96 Å². The quantitative estimate of drug-likeness (QED) is 0.625. The van der Waals surface area contributed by atoms with Crippen LogP contribution in [0.1, 0.15) is 38.2 Å². The highest BCUT2D eigenvalue weighted by Gasteiger charge is 2.45. The number of likely N-dealkylation sites (tertiary alicyclic amines) is 1. The van der Waals surface area contributed by atoms with E-state index in [2.05, 4.69) is 22.1 Å². The summed E-state index contributed by atoms with van der Waals surface area (Å²) in [6, 6.07) is 7.58. The van der Waals surface area contributed by atoms with Crippen molar-refractivity contribution in [1.82, 2.24) is 10.2 Å². The van der Waals surface area contributed by atoms with Crippen LogP contribution in [0.15, 0.2) is 29.3 Å². The van der Waals surface area contributed by atoms with Crippen molar-refractivity contribution in [2.75, 3.05) is 26.2 Å². The number of nitrogens with two attached hydrogens (primary N) is 1. The fourth-order valence-electron chi connectivity index (χ4n) is 3.61. The summed E-state index contributed by atoms with van der Waals surface area (Å²) in [6.07, 6.45) is 4.44. The molecule has 126 valence electrons. The molecule has 0 aromatic heterocycles. The van der Waals surface area contributed by atoms with Crippen molar-refractivity contribution < 1.29 is 4.39 Å². The Morgan fingerprint density at radius 1 is 1.43 bits per heavy atom. The molecule has 1 saturated heterocycles. The molecule has 2 fully saturated rings. The molecule has 1 aliphatic heterocycles. The van der Waals surface area contributed by atoms with E-state index in [1.54, 1.807) is 6.07 Å². The molecule has 0 radical (unpaired) electrons. The van der Waals surface area contributed by atoms with Crippen LogP contribution in [0.4, 0.5) is 4.39 Å². The fraction of sp³-hybridized carbons (Fsp3) is 0.611. The average Bonchev–Trinajstić information content (AvgIpc) is 3.21. The summed E-state index contributed by atoms with van der Waals surface area (Å²) < 4.78 is 14.0. The maximum atomic E-state index is 14.0. The van der Waals surface area contributed by atoms with Crippen molar-refractivity contribution in [3.05, 3.63) is 35.6 Å². The van der Waals surface area contributed by atoms with E-state index in [-0.39, 0.29) is 11.2 Å². The summed E-state index contributed by atoms with van der Waals surface area (Å²) in [5.74, 6) is 0.354. The van der Waals surface area contributed by atoms with E-state index in [1.165, 1.54) is 25.5 Å². The number of nitrogens with zero attached hydrogens (tertiary/aromatic N) is 2. The Morgan fingerprint density at radius 3 is 2.91 bits per heavy atom. The molecular formula is C18H27FN4. The second-order valence-electron chi connectivity index (χ2n) is 6.77. The number of hydrogen-bond donors (Lipinski definition) is 2. The van der Waals surface area contributed by atoms with E-state index in [9.17, 15) is 4.39 Å². The first-order chi connectivity index (χ1) is 11.1. The summed E-state index contributed by atoms with van der Waals surface area (Å²) in [5, 5.41) is 3.25. The third-order valence-corrected chi connectivity index (χ3v) is 5.27. The molecule has 0 spiro atoms. The molecule has 2 aliphatic rings. The largest absolute Gasteiger partial charge is 0.370 e. The van der Waals surface area contributed by atoms with Crippen LogP contribution >= 0.6 is 0 Å². The van der Waals surface area contributed by atoms with Crippen molar-refractivity contribution >= 4 is 5.96 Å². The topological polar surface area (TPSA) is 53.6 Å². The first-order valence-corrected chi connectivity index (χ1v) is 8.67. The van der Waals surface area contributed by atoms with Crippen LogP contribution in [0.5, 0.6) is 0 Å². The van der Waals surface area contributed by atoms with Crippen LogP contribution in [0.25, 0.3) is 0 Å². The first kappa shape index (κ1) is 16.2. The molecule has 0 bridgehead atoms. The maximum Gasteiger partial charge on any atom is 0.188 e. The summed E-state index contributed by atoms with van der Waals surface area (Å²) in [7, 11) is 0. The van der Waals surface area contributed by atoms with E-state index < -0.39 is 0 Å². The van der Waals surface area contributed by atoms with Gasteiger partial charge in [0.2, 0.25) is 0 Å². The van der Waals surface area contributed by atoms with Gasteiger partial charge in [-0.05, 0) is 50.4 Å². The highest BCUT2D eigenvalue weighted by atomic mass is 19.1. The van der Waals surface area contributed by atoms with Crippen LogP contribution in [0.3, 0.4) is 0 Å². The lowest BCUT2D eigenvalue weighted by atomic mass is 9.95. The van der Waals surface area contributed by atoms with Gasteiger partial charge in [0.25, 0.3) is 0 Å². The lowest BCUT2D eigenvalue weighted by molar-refractivity contribution is 0.267. The van der Waals surface area contributed by atoms with Gasteiger partial charge in [0, 0.05) is 18.0 Å². The molecule has 23 heavy (non-hydrogen) atoms. The van der Waals surface area contributed by atoms with E-state index in [0.717, 1.165) is 31.5 Å². The Morgan fingerprint density at radius 2 is 2.22 bits per heavy atom. The van der Waals surface area contributed by atoms with Crippen molar-refractivity contribution in [2.45, 2.75) is 44.1 Å². The monoisotopic (exact) mass is 318 g/mol. The Bertz CT molecular complexity index is 568. The SMILES string of the molecule is CCN1CCCC1CNC(N)=NCC1(c2ccccc2F)CC1. The van der Waals surface area contributed by atoms with E-state index >= 15 is 0 Å². The standard InChI is InChI=1S/C18H27FN4/c1-2-23-11-5-6-14(23)12-21-17(20)22-13-18(9-10-18)15-7-3-4-8-16(15)19/h3-4,7-8,14H,2,5-6,9-13H2,1H3,(H3,20,21,22). The number of hydrogen-bond acceptors (Lipinski definition) is 2. The predicted molar refractivity (Wildman–Crippen MR) is 92.1 cm³/mol. The van der Waals surface area contributed by atoms with Crippen LogP contribution in [0, 0.1) is 5.82 Å². The van der Waals surface area contributed by atoms with Gasteiger partial charge in [-0.3, -0.25) is 9.89 Å². The van der Waals surface area contributed by atoms with Crippen molar-refractivity contribution in [1.29, 1.82) is 0 Å². The van der Waals surface area contributed by atoms with E-state index in [0.29, 0.717) is 18.5 Å². The molecule has 1 heterocycles. The number of benzene rings is 1. The van der Waals surface area contributed by atoms with Gasteiger partial charge >= 0.3 is 0 Å².